The Kier molecular flexibility index (Phi) is 2.18. The van der Waals surface area contributed by atoms with Crippen molar-refractivity contribution in [3.05, 3.63) is 36.3 Å². The molecule has 1 aromatic carbocycles. The summed E-state index contributed by atoms with van der Waals surface area (Å²) in [6, 6.07) is 7.86. The van der Waals surface area contributed by atoms with Crippen molar-refractivity contribution >= 4 is 27.7 Å². The molecule has 1 aliphatic carbocycles. The number of imidazole rings is 1. The van der Waals surface area contributed by atoms with Crippen LogP contribution in [0.4, 0.5) is 0 Å². The Bertz CT molecular complexity index is 786. The lowest BCUT2D eigenvalue weighted by molar-refractivity contribution is 0.0845. The van der Waals surface area contributed by atoms with Crippen molar-refractivity contribution in [1.82, 2.24) is 15.0 Å². The summed E-state index contributed by atoms with van der Waals surface area (Å²) in [6.45, 7) is 0. The number of para-hydroxylation sites is 1. The second-order valence-electron chi connectivity index (χ2n) is 5.12. The van der Waals surface area contributed by atoms with E-state index in [1.807, 2.05) is 24.3 Å². The van der Waals surface area contributed by atoms with Crippen LogP contribution in [-0.4, -0.2) is 20.7 Å². The van der Waals surface area contributed by atoms with Gasteiger partial charge in [-0.3, -0.25) is 9.78 Å². The number of carbonyl (C=O) groups excluding carboxylic acids is 1. The number of rotatable bonds is 2. The van der Waals surface area contributed by atoms with Crippen LogP contribution in [-0.2, 0) is 0 Å². The summed E-state index contributed by atoms with van der Waals surface area (Å²) in [5, 5.41) is 0.990. The normalized spacial score (nSPS) is 15.8. The van der Waals surface area contributed by atoms with Gasteiger partial charge in [0.25, 0.3) is 0 Å². The standard InChI is InChI=1S/C15H13N3O/c19-14(9-4-3-5-9)15-17-12-8-16-11-7-2-1-6-10(11)13(12)18-15/h1-2,6-9H,3-5H2,(H,17,18). The lowest BCUT2D eigenvalue weighted by atomic mass is 9.82. The third-order valence-corrected chi connectivity index (χ3v) is 3.93. The summed E-state index contributed by atoms with van der Waals surface area (Å²) in [7, 11) is 0. The fourth-order valence-electron chi connectivity index (χ4n) is 2.59. The molecule has 0 saturated heterocycles. The molecule has 0 radical (unpaired) electrons. The van der Waals surface area contributed by atoms with Crippen LogP contribution in [0.3, 0.4) is 0 Å². The molecule has 1 aliphatic rings. The number of aromatic amines is 1. The van der Waals surface area contributed by atoms with Gasteiger partial charge in [0.1, 0.15) is 5.52 Å². The van der Waals surface area contributed by atoms with Crippen molar-refractivity contribution in [2.45, 2.75) is 19.3 Å². The first kappa shape index (κ1) is 10.7. The number of H-pyrrole nitrogens is 1. The van der Waals surface area contributed by atoms with E-state index in [9.17, 15) is 4.79 Å². The van der Waals surface area contributed by atoms with Gasteiger partial charge in [-0.05, 0) is 18.9 Å². The molecule has 0 spiro atoms. The zero-order valence-corrected chi connectivity index (χ0v) is 10.4. The van der Waals surface area contributed by atoms with Crippen LogP contribution in [0, 0.1) is 5.92 Å². The molecule has 4 heteroatoms. The van der Waals surface area contributed by atoms with E-state index in [0.717, 1.165) is 41.2 Å². The summed E-state index contributed by atoms with van der Waals surface area (Å²) in [5.41, 5.74) is 2.58. The Balaban J connectivity index is 1.90. The molecule has 1 fully saturated rings. The van der Waals surface area contributed by atoms with Gasteiger partial charge in [0.15, 0.2) is 5.82 Å². The highest BCUT2D eigenvalue weighted by Crippen LogP contribution is 2.30. The number of nitrogens with zero attached hydrogens (tertiary/aromatic N) is 2. The topological polar surface area (TPSA) is 58.6 Å². The summed E-state index contributed by atoms with van der Waals surface area (Å²) in [6.07, 6.45) is 4.90. The lowest BCUT2D eigenvalue weighted by Gasteiger charge is -2.22. The summed E-state index contributed by atoms with van der Waals surface area (Å²) in [4.78, 5) is 24.2. The number of fused-ring (bicyclic) bond motifs is 3. The second kappa shape index (κ2) is 3.88. The predicted octanol–water partition coefficient (Wildman–Crippen LogP) is 3.09. The van der Waals surface area contributed by atoms with Crippen LogP contribution in [0.1, 0.15) is 29.9 Å². The molecular weight excluding hydrogens is 238 g/mol. The second-order valence-corrected chi connectivity index (χ2v) is 5.12. The maximum Gasteiger partial charge on any atom is 0.201 e. The molecule has 0 bridgehead atoms. The number of hydrogen-bond acceptors (Lipinski definition) is 3. The molecule has 0 amide bonds. The minimum Gasteiger partial charge on any atom is -0.334 e. The average molecular weight is 251 g/mol. The Hall–Kier alpha value is -2.23. The van der Waals surface area contributed by atoms with Gasteiger partial charge < -0.3 is 4.98 Å². The summed E-state index contributed by atoms with van der Waals surface area (Å²) < 4.78 is 0. The van der Waals surface area contributed by atoms with E-state index in [0.29, 0.717) is 5.82 Å². The lowest BCUT2D eigenvalue weighted by Crippen LogP contribution is -2.22. The predicted molar refractivity (Wildman–Crippen MR) is 73.1 cm³/mol. The fraction of sp³-hybridized carbons (Fsp3) is 0.267. The van der Waals surface area contributed by atoms with Gasteiger partial charge >= 0.3 is 0 Å². The number of Topliss-reactive ketones (excluding diaryl/α,β-unsaturated/α-hetero) is 1. The molecule has 4 nitrogen and oxygen atoms in total. The molecule has 0 atom stereocenters. The minimum absolute atomic E-state index is 0.145. The number of ketones is 1. The van der Waals surface area contributed by atoms with Gasteiger partial charge in [0.05, 0.1) is 17.2 Å². The van der Waals surface area contributed by atoms with Crippen LogP contribution in [0.15, 0.2) is 30.5 Å². The SMILES string of the molecule is O=C(c1nc2c(cnc3ccccc32)[nH]1)C1CCC1. The van der Waals surface area contributed by atoms with Crippen LogP contribution in [0.2, 0.25) is 0 Å². The Morgan fingerprint density at radius 3 is 2.89 bits per heavy atom. The van der Waals surface area contributed by atoms with Crippen molar-refractivity contribution in [3.8, 4) is 0 Å². The fourth-order valence-corrected chi connectivity index (χ4v) is 2.59. The van der Waals surface area contributed by atoms with Crippen molar-refractivity contribution in [2.75, 3.05) is 0 Å². The number of nitrogens with one attached hydrogen (secondary N) is 1. The third-order valence-electron chi connectivity index (χ3n) is 3.93. The minimum atomic E-state index is 0.145. The van der Waals surface area contributed by atoms with Gasteiger partial charge in [-0.2, -0.15) is 0 Å². The quantitative estimate of drug-likeness (QED) is 0.712. The smallest absolute Gasteiger partial charge is 0.201 e. The molecule has 2 heterocycles. The zero-order chi connectivity index (χ0) is 12.8. The van der Waals surface area contributed by atoms with Gasteiger partial charge in [0, 0.05) is 11.3 Å². The number of benzene rings is 1. The highest BCUT2D eigenvalue weighted by atomic mass is 16.1. The highest BCUT2D eigenvalue weighted by molar-refractivity contribution is 6.05. The van der Waals surface area contributed by atoms with Crippen molar-refractivity contribution < 1.29 is 4.79 Å². The van der Waals surface area contributed by atoms with Crippen LogP contribution >= 0.6 is 0 Å². The largest absolute Gasteiger partial charge is 0.334 e. The first-order valence-electron chi connectivity index (χ1n) is 6.60. The third kappa shape index (κ3) is 1.56. The number of aromatic nitrogens is 3. The molecule has 19 heavy (non-hydrogen) atoms. The highest BCUT2D eigenvalue weighted by Gasteiger charge is 2.28. The van der Waals surface area contributed by atoms with Crippen LogP contribution in [0.5, 0.6) is 0 Å². The van der Waals surface area contributed by atoms with E-state index in [2.05, 4.69) is 15.0 Å². The van der Waals surface area contributed by atoms with Crippen molar-refractivity contribution in [1.29, 1.82) is 0 Å². The molecule has 1 saturated carbocycles. The maximum atomic E-state index is 12.2. The Labute approximate surface area is 109 Å². The van der Waals surface area contributed by atoms with Crippen molar-refractivity contribution in [3.63, 3.8) is 0 Å². The van der Waals surface area contributed by atoms with Gasteiger partial charge in [-0.15, -0.1) is 0 Å². The summed E-state index contributed by atoms with van der Waals surface area (Å²) >= 11 is 0. The zero-order valence-electron chi connectivity index (χ0n) is 10.4. The number of pyridine rings is 1. The number of hydrogen-bond donors (Lipinski definition) is 1. The molecule has 0 unspecified atom stereocenters. The first-order chi connectivity index (χ1) is 9.33. The molecule has 94 valence electrons. The molecule has 4 rings (SSSR count). The maximum absolute atomic E-state index is 12.2. The van der Waals surface area contributed by atoms with Crippen LogP contribution < -0.4 is 0 Å². The van der Waals surface area contributed by atoms with E-state index in [-0.39, 0.29) is 11.7 Å². The monoisotopic (exact) mass is 251 g/mol. The first-order valence-corrected chi connectivity index (χ1v) is 6.60. The van der Waals surface area contributed by atoms with E-state index in [1.54, 1.807) is 6.20 Å². The van der Waals surface area contributed by atoms with Crippen LogP contribution in [0.25, 0.3) is 21.9 Å². The van der Waals surface area contributed by atoms with E-state index in [4.69, 9.17) is 0 Å². The van der Waals surface area contributed by atoms with Gasteiger partial charge in [-0.1, -0.05) is 24.6 Å². The van der Waals surface area contributed by atoms with Gasteiger partial charge in [0.2, 0.25) is 5.78 Å². The van der Waals surface area contributed by atoms with E-state index < -0.39 is 0 Å². The molecule has 1 N–H and O–H groups in total. The Morgan fingerprint density at radius 2 is 2.11 bits per heavy atom. The molecule has 0 aliphatic heterocycles. The molecular formula is C15H13N3O. The van der Waals surface area contributed by atoms with E-state index >= 15 is 0 Å². The molecule has 3 aromatic rings. The van der Waals surface area contributed by atoms with Gasteiger partial charge in [-0.25, -0.2) is 4.98 Å². The average Bonchev–Trinajstić information content (AvgIpc) is 2.81. The van der Waals surface area contributed by atoms with Crippen molar-refractivity contribution in [2.24, 2.45) is 5.92 Å². The Morgan fingerprint density at radius 1 is 1.26 bits per heavy atom. The van der Waals surface area contributed by atoms with E-state index in [1.165, 1.54) is 0 Å². The number of carbonyl (C=O) groups is 1. The molecule has 2 aromatic heterocycles. The summed E-state index contributed by atoms with van der Waals surface area (Å²) in [5.74, 6) is 0.796.